The molecule has 2 aliphatic rings. The summed E-state index contributed by atoms with van der Waals surface area (Å²) in [6, 6.07) is 8.27. The third-order valence-corrected chi connectivity index (χ3v) is 5.10. The average molecular weight is 341 g/mol. The fourth-order valence-electron chi connectivity index (χ4n) is 3.64. The summed E-state index contributed by atoms with van der Waals surface area (Å²) in [4.78, 5) is 19.2. The zero-order chi connectivity index (χ0) is 17.1. The second-order valence-corrected chi connectivity index (χ2v) is 6.72. The third-order valence-electron chi connectivity index (χ3n) is 5.10. The van der Waals surface area contributed by atoms with Crippen LogP contribution in [0.1, 0.15) is 29.6 Å². The Hall–Kier alpha value is -2.25. The predicted octanol–water partition coefficient (Wildman–Crippen LogP) is 1.45. The molecular weight excluding hydrogens is 318 g/mol. The van der Waals surface area contributed by atoms with Crippen LogP contribution in [0.15, 0.2) is 30.6 Å². The number of nitrogens with one attached hydrogen (secondary N) is 2. The summed E-state index contributed by atoms with van der Waals surface area (Å²) in [6.07, 6.45) is 4.57. The SMILES string of the molecule is O=C(NC1CCN(C2CCOC2)CC1)c1cccc(-c2ncn[nH]2)c1. The first-order valence-corrected chi connectivity index (χ1v) is 8.88. The largest absolute Gasteiger partial charge is 0.380 e. The zero-order valence-electron chi connectivity index (χ0n) is 14.1. The summed E-state index contributed by atoms with van der Waals surface area (Å²) in [5.41, 5.74) is 1.52. The lowest BCUT2D eigenvalue weighted by Gasteiger charge is -2.35. The average Bonchev–Trinajstić information content (AvgIpc) is 3.36. The molecule has 0 spiro atoms. The van der Waals surface area contributed by atoms with Crippen molar-refractivity contribution >= 4 is 5.91 Å². The summed E-state index contributed by atoms with van der Waals surface area (Å²) >= 11 is 0. The van der Waals surface area contributed by atoms with Crippen molar-refractivity contribution < 1.29 is 9.53 Å². The summed E-state index contributed by atoms with van der Waals surface area (Å²) in [7, 11) is 0. The van der Waals surface area contributed by atoms with Gasteiger partial charge >= 0.3 is 0 Å². The van der Waals surface area contributed by atoms with E-state index in [0.717, 1.165) is 51.1 Å². The molecule has 0 bridgehead atoms. The van der Waals surface area contributed by atoms with Gasteiger partial charge in [-0.05, 0) is 31.4 Å². The van der Waals surface area contributed by atoms with Gasteiger partial charge in [-0.25, -0.2) is 4.98 Å². The Kier molecular flexibility index (Phi) is 4.76. The molecule has 2 fully saturated rings. The number of hydrogen-bond donors (Lipinski definition) is 2. The van der Waals surface area contributed by atoms with Crippen LogP contribution in [0.5, 0.6) is 0 Å². The van der Waals surface area contributed by atoms with Crippen LogP contribution >= 0.6 is 0 Å². The molecule has 4 rings (SSSR count). The number of hydrogen-bond acceptors (Lipinski definition) is 5. The van der Waals surface area contributed by atoms with Crippen LogP contribution in [0.4, 0.5) is 0 Å². The minimum Gasteiger partial charge on any atom is -0.380 e. The lowest BCUT2D eigenvalue weighted by atomic mass is 10.0. The highest BCUT2D eigenvalue weighted by atomic mass is 16.5. The minimum atomic E-state index is -0.0241. The van der Waals surface area contributed by atoms with Crippen molar-refractivity contribution in [1.82, 2.24) is 25.4 Å². The molecule has 1 unspecified atom stereocenters. The van der Waals surface area contributed by atoms with Crippen molar-refractivity contribution in [2.24, 2.45) is 0 Å². The second-order valence-electron chi connectivity index (χ2n) is 6.72. The number of aromatic nitrogens is 3. The summed E-state index contributed by atoms with van der Waals surface area (Å²) in [6.45, 7) is 3.78. The maximum absolute atomic E-state index is 12.6. The van der Waals surface area contributed by atoms with Gasteiger partial charge in [-0.15, -0.1) is 0 Å². The van der Waals surface area contributed by atoms with Gasteiger partial charge in [-0.1, -0.05) is 12.1 Å². The fourth-order valence-corrected chi connectivity index (χ4v) is 3.64. The van der Waals surface area contributed by atoms with Gasteiger partial charge in [0.15, 0.2) is 5.82 Å². The summed E-state index contributed by atoms with van der Waals surface area (Å²) in [5.74, 6) is 0.644. The van der Waals surface area contributed by atoms with Crippen molar-refractivity contribution in [2.75, 3.05) is 26.3 Å². The smallest absolute Gasteiger partial charge is 0.251 e. The molecule has 2 aromatic rings. The first-order valence-electron chi connectivity index (χ1n) is 8.88. The Morgan fingerprint density at radius 3 is 2.88 bits per heavy atom. The third kappa shape index (κ3) is 3.72. The molecule has 0 radical (unpaired) electrons. The van der Waals surface area contributed by atoms with Crippen molar-refractivity contribution in [1.29, 1.82) is 0 Å². The molecule has 2 saturated heterocycles. The van der Waals surface area contributed by atoms with E-state index in [1.165, 1.54) is 6.33 Å². The van der Waals surface area contributed by atoms with Crippen molar-refractivity contribution in [3.8, 4) is 11.4 Å². The maximum atomic E-state index is 12.6. The first kappa shape index (κ1) is 16.2. The van der Waals surface area contributed by atoms with Gasteiger partial charge in [0, 0.05) is 42.9 Å². The van der Waals surface area contributed by atoms with Crippen LogP contribution in [0.25, 0.3) is 11.4 Å². The van der Waals surface area contributed by atoms with E-state index >= 15 is 0 Å². The van der Waals surface area contributed by atoms with E-state index in [9.17, 15) is 4.79 Å². The van der Waals surface area contributed by atoms with E-state index < -0.39 is 0 Å². The first-order chi connectivity index (χ1) is 12.3. The Morgan fingerprint density at radius 1 is 1.28 bits per heavy atom. The van der Waals surface area contributed by atoms with E-state index in [2.05, 4.69) is 25.4 Å². The number of nitrogens with zero attached hydrogens (tertiary/aromatic N) is 3. The molecule has 1 aromatic heterocycles. The topological polar surface area (TPSA) is 83.1 Å². The van der Waals surface area contributed by atoms with Crippen LogP contribution in [0.2, 0.25) is 0 Å². The number of carbonyl (C=O) groups excluding carboxylic acids is 1. The fraction of sp³-hybridized carbons (Fsp3) is 0.500. The van der Waals surface area contributed by atoms with Crippen molar-refractivity contribution in [3.05, 3.63) is 36.2 Å². The lowest BCUT2D eigenvalue weighted by Crippen LogP contribution is -2.48. The number of piperidine rings is 1. The van der Waals surface area contributed by atoms with Crippen LogP contribution in [0.3, 0.4) is 0 Å². The number of aromatic amines is 1. The van der Waals surface area contributed by atoms with Crippen LogP contribution in [-0.4, -0.2) is 64.4 Å². The predicted molar refractivity (Wildman–Crippen MR) is 93.1 cm³/mol. The van der Waals surface area contributed by atoms with E-state index in [1.807, 2.05) is 24.3 Å². The van der Waals surface area contributed by atoms with Gasteiger partial charge < -0.3 is 10.1 Å². The number of ether oxygens (including phenoxy) is 1. The van der Waals surface area contributed by atoms with Gasteiger partial charge in [0.2, 0.25) is 0 Å². The Morgan fingerprint density at radius 2 is 2.16 bits per heavy atom. The highest BCUT2D eigenvalue weighted by molar-refractivity contribution is 5.95. The highest BCUT2D eigenvalue weighted by Gasteiger charge is 2.28. The maximum Gasteiger partial charge on any atom is 0.251 e. The minimum absolute atomic E-state index is 0.0241. The van der Waals surface area contributed by atoms with Gasteiger partial charge in [0.05, 0.1) is 6.61 Å². The Labute approximate surface area is 146 Å². The molecule has 0 aliphatic carbocycles. The molecule has 0 saturated carbocycles. The second kappa shape index (κ2) is 7.33. The molecule has 2 N–H and O–H groups in total. The van der Waals surface area contributed by atoms with Crippen LogP contribution < -0.4 is 5.32 Å². The monoisotopic (exact) mass is 341 g/mol. The number of carbonyl (C=O) groups is 1. The van der Waals surface area contributed by atoms with E-state index in [-0.39, 0.29) is 11.9 Å². The van der Waals surface area contributed by atoms with Gasteiger partial charge in [-0.3, -0.25) is 14.8 Å². The van der Waals surface area contributed by atoms with E-state index in [1.54, 1.807) is 0 Å². The highest BCUT2D eigenvalue weighted by Crippen LogP contribution is 2.20. The standard InChI is InChI=1S/C18H23N5O2/c24-18(14-3-1-2-13(10-14)17-19-12-20-22-17)21-15-4-7-23(8-5-15)16-6-9-25-11-16/h1-3,10,12,15-16H,4-9,11H2,(H,21,24)(H,19,20,22). The molecule has 2 aliphatic heterocycles. The van der Waals surface area contributed by atoms with Crippen molar-refractivity contribution in [3.63, 3.8) is 0 Å². The molecule has 1 amide bonds. The number of rotatable bonds is 4. The number of amides is 1. The normalized spacial score (nSPS) is 22.2. The zero-order valence-corrected chi connectivity index (χ0v) is 14.1. The Bertz CT molecular complexity index is 704. The lowest BCUT2D eigenvalue weighted by molar-refractivity contribution is 0.0875. The quantitative estimate of drug-likeness (QED) is 0.880. The van der Waals surface area contributed by atoms with E-state index in [4.69, 9.17) is 4.74 Å². The molecule has 1 atom stereocenters. The summed E-state index contributed by atoms with van der Waals surface area (Å²) < 4.78 is 5.48. The Balaban J connectivity index is 1.34. The van der Waals surface area contributed by atoms with E-state index in [0.29, 0.717) is 17.4 Å². The molecule has 7 nitrogen and oxygen atoms in total. The molecule has 7 heteroatoms. The molecular formula is C18H23N5O2. The number of likely N-dealkylation sites (tertiary alicyclic amines) is 1. The molecule has 132 valence electrons. The van der Waals surface area contributed by atoms with Crippen LogP contribution in [0, 0.1) is 0 Å². The van der Waals surface area contributed by atoms with Crippen LogP contribution in [-0.2, 0) is 4.74 Å². The van der Waals surface area contributed by atoms with Gasteiger partial charge in [-0.2, -0.15) is 5.10 Å². The number of benzene rings is 1. The molecule has 1 aromatic carbocycles. The van der Waals surface area contributed by atoms with Crippen molar-refractivity contribution in [2.45, 2.75) is 31.3 Å². The van der Waals surface area contributed by atoms with Gasteiger partial charge in [0.1, 0.15) is 6.33 Å². The molecule has 25 heavy (non-hydrogen) atoms. The molecule has 3 heterocycles. The number of H-pyrrole nitrogens is 1. The van der Waals surface area contributed by atoms with Gasteiger partial charge in [0.25, 0.3) is 5.91 Å². The summed E-state index contributed by atoms with van der Waals surface area (Å²) in [5, 5.41) is 9.86.